The van der Waals surface area contributed by atoms with Gasteiger partial charge in [0, 0.05) is 18.4 Å². The van der Waals surface area contributed by atoms with Crippen LogP contribution in [0.4, 0.5) is 5.69 Å². The molecular weight excluding hydrogens is 230 g/mol. The summed E-state index contributed by atoms with van der Waals surface area (Å²) in [4.78, 5) is 23.5. The van der Waals surface area contributed by atoms with Gasteiger partial charge in [0.15, 0.2) is 5.78 Å². The normalized spacial score (nSPS) is 13.8. The molecular formula is C14H17NO3. The predicted molar refractivity (Wildman–Crippen MR) is 69.2 cm³/mol. The van der Waals surface area contributed by atoms with Gasteiger partial charge in [0.2, 0.25) is 5.91 Å². The Kier molecular flexibility index (Phi) is 3.65. The number of rotatable bonds is 4. The molecule has 0 radical (unpaired) electrons. The van der Waals surface area contributed by atoms with E-state index in [-0.39, 0.29) is 11.7 Å². The van der Waals surface area contributed by atoms with Gasteiger partial charge in [-0.15, -0.1) is 0 Å². The van der Waals surface area contributed by atoms with Gasteiger partial charge in [0.05, 0.1) is 12.8 Å². The van der Waals surface area contributed by atoms with E-state index in [4.69, 9.17) is 4.74 Å². The lowest BCUT2D eigenvalue weighted by atomic mass is 9.93. The summed E-state index contributed by atoms with van der Waals surface area (Å²) in [6, 6.07) is 3.54. The number of carbonyl (C=O) groups excluding carboxylic acids is 2. The van der Waals surface area contributed by atoms with Gasteiger partial charge in [-0.2, -0.15) is 0 Å². The highest BCUT2D eigenvalue weighted by molar-refractivity contribution is 6.03. The van der Waals surface area contributed by atoms with Crippen LogP contribution in [0, 0.1) is 0 Å². The minimum absolute atomic E-state index is 0.0270. The molecule has 0 saturated heterocycles. The van der Waals surface area contributed by atoms with Crippen molar-refractivity contribution in [1.82, 2.24) is 0 Å². The lowest BCUT2D eigenvalue weighted by Crippen LogP contribution is -2.22. The summed E-state index contributed by atoms with van der Waals surface area (Å²) in [5.74, 6) is 0.722. The van der Waals surface area contributed by atoms with E-state index in [2.05, 4.69) is 5.32 Å². The van der Waals surface area contributed by atoms with E-state index in [1.165, 1.54) is 0 Å². The number of ketones is 1. The molecule has 1 N–H and O–H groups in total. The van der Waals surface area contributed by atoms with Crippen LogP contribution in [0.1, 0.15) is 42.1 Å². The fourth-order valence-electron chi connectivity index (χ4n) is 2.26. The third-order valence-corrected chi connectivity index (χ3v) is 3.14. The van der Waals surface area contributed by atoms with Gasteiger partial charge in [-0.3, -0.25) is 9.59 Å². The van der Waals surface area contributed by atoms with Crippen LogP contribution in [0.5, 0.6) is 5.75 Å². The molecule has 1 amide bonds. The average molecular weight is 247 g/mol. The van der Waals surface area contributed by atoms with Crippen LogP contribution in [0.3, 0.4) is 0 Å². The standard InChI is InChI=1S/C14H17NO3/c1-3-4-11(16)9-5-7-12(18-2)14-10(9)6-8-13(17)15-14/h5,7H,3-4,6,8H2,1-2H3,(H,15,17). The minimum atomic E-state index is -0.0270. The molecule has 0 bridgehead atoms. The molecule has 0 aliphatic carbocycles. The van der Waals surface area contributed by atoms with E-state index in [9.17, 15) is 9.59 Å². The minimum Gasteiger partial charge on any atom is -0.495 e. The van der Waals surface area contributed by atoms with E-state index in [0.29, 0.717) is 36.3 Å². The fourth-order valence-corrected chi connectivity index (χ4v) is 2.26. The van der Waals surface area contributed by atoms with Crippen molar-refractivity contribution in [3.8, 4) is 5.75 Å². The first-order chi connectivity index (χ1) is 8.67. The number of hydrogen-bond acceptors (Lipinski definition) is 3. The lowest BCUT2D eigenvalue weighted by Gasteiger charge is -2.21. The van der Waals surface area contributed by atoms with Gasteiger partial charge in [-0.1, -0.05) is 6.92 Å². The van der Waals surface area contributed by atoms with Crippen LogP contribution in [-0.4, -0.2) is 18.8 Å². The Hall–Kier alpha value is -1.84. The number of ether oxygens (including phenoxy) is 1. The molecule has 4 heteroatoms. The maximum Gasteiger partial charge on any atom is 0.224 e. The molecule has 0 unspecified atom stereocenters. The van der Waals surface area contributed by atoms with Crippen LogP contribution in [-0.2, 0) is 11.2 Å². The van der Waals surface area contributed by atoms with Crippen molar-refractivity contribution in [2.45, 2.75) is 32.6 Å². The molecule has 2 rings (SSSR count). The first-order valence-corrected chi connectivity index (χ1v) is 6.20. The van der Waals surface area contributed by atoms with Crippen LogP contribution >= 0.6 is 0 Å². The zero-order valence-electron chi connectivity index (χ0n) is 10.7. The van der Waals surface area contributed by atoms with Gasteiger partial charge < -0.3 is 10.1 Å². The van der Waals surface area contributed by atoms with Gasteiger partial charge in [-0.05, 0) is 30.5 Å². The van der Waals surface area contributed by atoms with Crippen LogP contribution in [0.15, 0.2) is 12.1 Å². The highest BCUT2D eigenvalue weighted by atomic mass is 16.5. The summed E-state index contributed by atoms with van der Waals surface area (Å²) in [6.45, 7) is 1.98. The smallest absolute Gasteiger partial charge is 0.224 e. The highest BCUT2D eigenvalue weighted by Gasteiger charge is 2.23. The van der Waals surface area contributed by atoms with Crippen molar-refractivity contribution in [2.75, 3.05) is 12.4 Å². The molecule has 4 nitrogen and oxygen atoms in total. The maximum atomic E-state index is 12.0. The van der Waals surface area contributed by atoms with E-state index in [0.717, 1.165) is 12.0 Å². The molecule has 18 heavy (non-hydrogen) atoms. The van der Waals surface area contributed by atoms with Gasteiger partial charge in [0.1, 0.15) is 5.75 Å². The molecule has 1 aliphatic heterocycles. The van der Waals surface area contributed by atoms with E-state index in [1.807, 2.05) is 6.92 Å². The second kappa shape index (κ2) is 5.21. The molecule has 0 spiro atoms. The largest absolute Gasteiger partial charge is 0.495 e. The molecule has 1 aromatic rings. The molecule has 0 atom stereocenters. The number of anilines is 1. The van der Waals surface area contributed by atoms with Crippen molar-refractivity contribution >= 4 is 17.4 Å². The summed E-state index contributed by atoms with van der Waals surface area (Å²) in [7, 11) is 1.56. The first kappa shape index (κ1) is 12.6. The Morgan fingerprint density at radius 3 is 2.83 bits per heavy atom. The van der Waals surface area contributed by atoms with Crippen LogP contribution in [0.2, 0.25) is 0 Å². The van der Waals surface area contributed by atoms with Crippen molar-refractivity contribution in [3.05, 3.63) is 23.3 Å². The maximum absolute atomic E-state index is 12.0. The molecule has 96 valence electrons. The SMILES string of the molecule is CCCC(=O)c1ccc(OC)c2c1CCC(=O)N2. The van der Waals surface area contributed by atoms with Crippen molar-refractivity contribution in [2.24, 2.45) is 0 Å². The number of hydrogen-bond donors (Lipinski definition) is 1. The van der Waals surface area contributed by atoms with E-state index >= 15 is 0 Å². The van der Waals surface area contributed by atoms with Crippen LogP contribution in [0.25, 0.3) is 0 Å². The van der Waals surface area contributed by atoms with Crippen molar-refractivity contribution in [1.29, 1.82) is 0 Å². The van der Waals surface area contributed by atoms with E-state index < -0.39 is 0 Å². The van der Waals surface area contributed by atoms with Gasteiger partial charge >= 0.3 is 0 Å². The van der Waals surface area contributed by atoms with Gasteiger partial charge in [0.25, 0.3) is 0 Å². The zero-order chi connectivity index (χ0) is 13.1. The third-order valence-electron chi connectivity index (χ3n) is 3.14. The van der Waals surface area contributed by atoms with Crippen LogP contribution < -0.4 is 10.1 Å². The Bertz CT molecular complexity index is 494. The molecule has 1 aromatic carbocycles. The number of Topliss-reactive ketones (excluding diaryl/α,β-unsaturated/α-hetero) is 1. The highest BCUT2D eigenvalue weighted by Crippen LogP contribution is 2.35. The number of benzene rings is 1. The molecule has 0 aromatic heterocycles. The fraction of sp³-hybridized carbons (Fsp3) is 0.429. The average Bonchev–Trinajstić information content (AvgIpc) is 2.37. The predicted octanol–water partition coefficient (Wildman–Crippen LogP) is 2.56. The molecule has 0 saturated carbocycles. The topological polar surface area (TPSA) is 55.4 Å². The quantitative estimate of drug-likeness (QED) is 0.832. The number of amides is 1. The monoisotopic (exact) mass is 247 g/mol. The molecule has 0 fully saturated rings. The Balaban J connectivity index is 2.48. The number of nitrogens with one attached hydrogen (secondary N) is 1. The second-order valence-corrected chi connectivity index (χ2v) is 4.39. The van der Waals surface area contributed by atoms with E-state index in [1.54, 1.807) is 19.2 Å². The zero-order valence-corrected chi connectivity index (χ0v) is 10.7. The van der Waals surface area contributed by atoms with Gasteiger partial charge in [-0.25, -0.2) is 0 Å². The lowest BCUT2D eigenvalue weighted by molar-refractivity contribution is -0.116. The van der Waals surface area contributed by atoms with Crippen molar-refractivity contribution in [3.63, 3.8) is 0 Å². The molecule has 1 heterocycles. The summed E-state index contributed by atoms with van der Waals surface area (Å²) < 4.78 is 5.23. The summed E-state index contributed by atoms with van der Waals surface area (Å²) in [6.07, 6.45) is 2.38. The second-order valence-electron chi connectivity index (χ2n) is 4.39. The Labute approximate surface area is 106 Å². The summed E-state index contributed by atoms with van der Waals surface area (Å²) in [5.41, 5.74) is 2.29. The first-order valence-electron chi connectivity index (χ1n) is 6.20. The Morgan fingerprint density at radius 1 is 1.39 bits per heavy atom. The third kappa shape index (κ3) is 2.23. The summed E-state index contributed by atoms with van der Waals surface area (Å²) >= 11 is 0. The number of fused-ring (bicyclic) bond motifs is 1. The Morgan fingerprint density at radius 2 is 2.17 bits per heavy atom. The van der Waals surface area contributed by atoms with Crippen molar-refractivity contribution < 1.29 is 14.3 Å². The number of methoxy groups -OCH3 is 1. The number of carbonyl (C=O) groups is 2. The summed E-state index contributed by atoms with van der Waals surface area (Å²) in [5, 5.41) is 2.80. The molecule has 1 aliphatic rings.